The lowest BCUT2D eigenvalue weighted by Gasteiger charge is -2.27. The van der Waals surface area contributed by atoms with Gasteiger partial charge in [-0.25, -0.2) is 0 Å². The van der Waals surface area contributed by atoms with Crippen molar-refractivity contribution in [3.05, 3.63) is 29.3 Å². The smallest absolute Gasteiger partial charge is 0.251 e. The summed E-state index contributed by atoms with van der Waals surface area (Å²) in [6.07, 6.45) is 0. The van der Waals surface area contributed by atoms with Crippen LogP contribution in [0.25, 0.3) is 0 Å². The van der Waals surface area contributed by atoms with Crippen molar-refractivity contribution >= 4 is 11.6 Å². The molecule has 0 saturated carbocycles. The number of rotatable bonds is 5. The molecule has 1 aromatic carbocycles. The fourth-order valence-electron chi connectivity index (χ4n) is 1.89. The average Bonchev–Trinajstić information content (AvgIpc) is 2.28. The van der Waals surface area contributed by atoms with Crippen molar-refractivity contribution in [1.29, 1.82) is 0 Å². The van der Waals surface area contributed by atoms with Crippen LogP contribution in [0.15, 0.2) is 18.2 Å². The standard InChI is InChI=1S/C14H23N3O2/c1-10-5-6-11(7-12(10)15)13(18)16-8-14(2,19)9-17(3)4/h5-7,19H,8-9,15H2,1-4H3,(H,16,18). The molecule has 1 amide bonds. The van der Waals surface area contributed by atoms with Gasteiger partial charge in [0.25, 0.3) is 5.91 Å². The number of carbonyl (C=O) groups is 1. The third-order valence-electron chi connectivity index (χ3n) is 2.83. The average molecular weight is 265 g/mol. The molecule has 1 rings (SSSR count). The Balaban J connectivity index is 2.62. The molecular formula is C14H23N3O2. The van der Waals surface area contributed by atoms with E-state index in [2.05, 4.69) is 5.32 Å². The molecule has 0 heterocycles. The zero-order valence-electron chi connectivity index (χ0n) is 12.0. The van der Waals surface area contributed by atoms with Gasteiger partial charge in [0.1, 0.15) is 0 Å². The fraction of sp³-hybridized carbons (Fsp3) is 0.500. The number of benzene rings is 1. The van der Waals surface area contributed by atoms with Gasteiger partial charge in [-0.15, -0.1) is 0 Å². The van der Waals surface area contributed by atoms with Gasteiger partial charge in [0.15, 0.2) is 0 Å². The van der Waals surface area contributed by atoms with Crippen molar-refractivity contribution in [2.75, 3.05) is 32.9 Å². The highest BCUT2D eigenvalue weighted by Crippen LogP contribution is 2.13. The number of nitrogens with two attached hydrogens (primary N) is 1. The maximum atomic E-state index is 11.9. The molecule has 1 aromatic rings. The molecule has 0 radical (unpaired) electrons. The molecule has 106 valence electrons. The Bertz CT molecular complexity index is 456. The van der Waals surface area contributed by atoms with Crippen LogP contribution in [0.3, 0.4) is 0 Å². The van der Waals surface area contributed by atoms with E-state index < -0.39 is 5.60 Å². The summed E-state index contributed by atoms with van der Waals surface area (Å²) in [5.74, 6) is -0.231. The Labute approximate surface area is 114 Å². The molecular weight excluding hydrogens is 242 g/mol. The molecule has 0 saturated heterocycles. The number of hydrogen-bond donors (Lipinski definition) is 3. The van der Waals surface area contributed by atoms with Crippen LogP contribution in [-0.2, 0) is 0 Å². The fourth-order valence-corrected chi connectivity index (χ4v) is 1.89. The lowest BCUT2D eigenvalue weighted by atomic mass is 10.1. The van der Waals surface area contributed by atoms with Crippen LogP contribution in [0.2, 0.25) is 0 Å². The zero-order valence-corrected chi connectivity index (χ0v) is 12.0. The number of anilines is 1. The lowest BCUT2D eigenvalue weighted by Crippen LogP contribution is -2.47. The van der Waals surface area contributed by atoms with Gasteiger partial charge in [0.05, 0.1) is 5.60 Å². The third-order valence-corrected chi connectivity index (χ3v) is 2.83. The second kappa shape index (κ2) is 6.04. The molecule has 19 heavy (non-hydrogen) atoms. The van der Waals surface area contributed by atoms with E-state index >= 15 is 0 Å². The summed E-state index contributed by atoms with van der Waals surface area (Å²) in [5.41, 5.74) is 6.84. The number of amides is 1. The van der Waals surface area contributed by atoms with Crippen molar-refractivity contribution in [2.45, 2.75) is 19.4 Å². The maximum Gasteiger partial charge on any atom is 0.251 e. The Morgan fingerprint density at radius 2 is 2.11 bits per heavy atom. The van der Waals surface area contributed by atoms with Gasteiger partial charge in [0, 0.05) is 24.3 Å². The molecule has 5 heteroatoms. The lowest BCUT2D eigenvalue weighted by molar-refractivity contribution is 0.0326. The molecule has 0 aliphatic carbocycles. The molecule has 0 aliphatic heterocycles. The van der Waals surface area contributed by atoms with E-state index in [0.29, 0.717) is 17.8 Å². The summed E-state index contributed by atoms with van der Waals surface area (Å²) in [5, 5.41) is 12.8. The Hall–Kier alpha value is -1.59. The normalized spacial score (nSPS) is 14.2. The summed E-state index contributed by atoms with van der Waals surface area (Å²) in [6.45, 7) is 4.25. The van der Waals surface area contributed by atoms with E-state index in [0.717, 1.165) is 5.56 Å². The Morgan fingerprint density at radius 1 is 1.47 bits per heavy atom. The highest BCUT2D eigenvalue weighted by atomic mass is 16.3. The minimum Gasteiger partial charge on any atom is -0.398 e. The predicted octanol–water partition coefficient (Wildman–Crippen LogP) is 0.620. The molecule has 4 N–H and O–H groups in total. The van der Waals surface area contributed by atoms with Gasteiger partial charge in [-0.05, 0) is 45.6 Å². The largest absolute Gasteiger partial charge is 0.398 e. The van der Waals surface area contributed by atoms with Crippen LogP contribution in [0.1, 0.15) is 22.8 Å². The Morgan fingerprint density at radius 3 is 2.63 bits per heavy atom. The minimum atomic E-state index is -0.963. The number of likely N-dealkylation sites (N-methyl/N-ethyl adjacent to an activating group) is 1. The van der Waals surface area contributed by atoms with E-state index in [1.807, 2.05) is 32.0 Å². The first kappa shape index (κ1) is 15.5. The second-order valence-electron chi connectivity index (χ2n) is 5.49. The minimum absolute atomic E-state index is 0.192. The first-order valence-electron chi connectivity index (χ1n) is 6.23. The van der Waals surface area contributed by atoms with Crippen LogP contribution in [-0.4, -0.2) is 48.7 Å². The molecule has 5 nitrogen and oxygen atoms in total. The highest BCUT2D eigenvalue weighted by Gasteiger charge is 2.22. The summed E-state index contributed by atoms with van der Waals surface area (Å²) in [6, 6.07) is 5.18. The zero-order chi connectivity index (χ0) is 14.6. The summed E-state index contributed by atoms with van der Waals surface area (Å²) in [4.78, 5) is 13.8. The SMILES string of the molecule is Cc1ccc(C(=O)NCC(C)(O)CN(C)C)cc1N. The first-order chi connectivity index (χ1) is 8.71. The number of hydrogen-bond acceptors (Lipinski definition) is 4. The molecule has 0 bridgehead atoms. The predicted molar refractivity (Wildman–Crippen MR) is 77.1 cm³/mol. The Kier molecular flexibility index (Phi) is 4.91. The first-order valence-corrected chi connectivity index (χ1v) is 6.23. The van der Waals surface area contributed by atoms with Crippen molar-refractivity contribution in [3.63, 3.8) is 0 Å². The number of aryl methyl sites for hydroxylation is 1. The van der Waals surface area contributed by atoms with Gasteiger partial charge in [-0.1, -0.05) is 6.07 Å². The van der Waals surface area contributed by atoms with Gasteiger partial charge in [-0.2, -0.15) is 0 Å². The van der Waals surface area contributed by atoms with Crippen molar-refractivity contribution in [2.24, 2.45) is 0 Å². The third kappa shape index (κ3) is 4.89. The van der Waals surface area contributed by atoms with Crippen molar-refractivity contribution in [1.82, 2.24) is 10.2 Å². The monoisotopic (exact) mass is 265 g/mol. The van der Waals surface area contributed by atoms with E-state index in [1.54, 1.807) is 19.1 Å². The summed E-state index contributed by atoms with van der Waals surface area (Å²) in [7, 11) is 3.74. The number of aliphatic hydroxyl groups is 1. The number of nitrogen functional groups attached to an aromatic ring is 1. The second-order valence-corrected chi connectivity index (χ2v) is 5.49. The van der Waals surface area contributed by atoms with Gasteiger partial charge < -0.3 is 21.1 Å². The topological polar surface area (TPSA) is 78.6 Å². The molecule has 1 unspecified atom stereocenters. The molecule has 1 atom stereocenters. The van der Waals surface area contributed by atoms with E-state index in [-0.39, 0.29) is 12.5 Å². The van der Waals surface area contributed by atoms with Crippen molar-refractivity contribution in [3.8, 4) is 0 Å². The van der Waals surface area contributed by atoms with E-state index in [1.165, 1.54) is 0 Å². The maximum absolute atomic E-state index is 11.9. The van der Waals surface area contributed by atoms with Crippen LogP contribution < -0.4 is 11.1 Å². The number of carbonyl (C=O) groups excluding carboxylic acids is 1. The number of nitrogens with one attached hydrogen (secondary N) is 1. The van der Waals surface area contributed by atoms with Gasteiger partial charge in [0.2, 0.25) is 0 Å². The van der Waals surface area contributed by atoms with Crippen LogP contribution in [0, 0.1) is 6.92 Å². The van der Waals surface area contributed by atoms with Crippen LogP contribution in [0.5, 0.6) is 0 Å². The molecule has 0 spiro atoms. The van der Waals surface area contributed by atoms with E-state index in [9.17, 15) is 9.90 Å². The molecule has 0 fully saturated rings. The van der Waals surface area contributed by atoms with Gasteiger partial charge in [-0.3, -0.25) is 4.79 Å². The van der Waals surface area contributed by atoms with Crippen LogP contribution in [0.4, 0.5) is 5.69 Å². The number of nitrogens with zero attached hydrogens (tertiary/aromatic N) is 1. The molecule has 0 aromatic heterocycles. The summed E-state index contributed by atoms with van der Waals surface area (Å²) >= 11 is 0. The summed E-state index contributed by atoms with van der Waals surface area (Å²) < 4.78 is 0. The quantitative estimate of drug-likeness (QED) is 0.682. The van der Waals surface area contributed by atoms with Crippen molar-refractivity contribution < 1.29 is 9.90 Å². The van der Waals surface area contributed by atoms with Gasteiger partial charge >= 0.3 is 0 Å². The molecule has 0 aliphatic rings. The van der Waals surface area contributed by atoms with Crippen LogP contribution >= 0.6 is 0 Å². The highest BCUT2D eigenvalue weighted by molar-refractivity contribution is 5.95. The van der Waals surface area contributed by atoms with E-state index in [4.69, 9.17) is 5.73 Å².